The van der Waals surface area contributed by atoms with Crippen molar-refractivity contribution in [3.8, 4) is 0 Å². The summed E-state index contributed by atoms with van der Waals surface area (Å²) in [5.41, 5.74) is 6.46. The lowest BCUT2D eigenvalue weighted by molar-refractivity contribution is 0.128. The molecule has 1 heterocycles. The van der Waals surface area contributed by atoms with Crippen LogP contribution in [0.15, 0.2) is 4.52 Å². The van der Waals surface area contributed by atoms with E-state index in [1.807, 2.05) is 6.92 Å². The molecule has 0 radical (unpaired) electrons. The van der Waals surface area contributed by atoms with E-state index in [-0.39, 0.29) is 5.54 Å². The lowest BCUT2D eigenvalue weighted by atomic mass is 9.67. The summed E-state index contributed by atoms with van der Waals surface area (Å²) in [6, 6.07) is 0. The molecular formula is C14H25N3O. The molecule has 1 aliphatic carbocycles. The lowest BCUT2D eigenvalue weighted by Crippen LogP contribution is -2.43. The molecule has 4 heteroatoms. The van der Waals surface area contributed by atoms with Gasteiger partial charge in [-0.1, -0.05) is 32.9 Å². The minimum atomic E-state index is -0.376. The van der Waals surface area contributed by atoms with Gasteiger partial charge in [0.05, 0.1) is 5.54 Å². The van der Waals surface area contributed by atoms with E-state index < -0.39 is 0 Å². The first-order valence-electron chi connectivity index (χ1n) is 6.97. The van der Waals surface area contributed by atoms with Crippen LogP contribution in [0.1, 0.15) is 65.1 Å². The maximum atomic E-state index is 6.47. The minimum Gasteiger partial charge on any atom is -0.339 e. The molecule has 4 nitrogen and oxygen atoms in total. The Bertz CT molecular complexity index is 397. The summed E-state index contributed by atoms with van der Waals surface area (Å²) in [5, 5.41) is 4.06. The summed E-state index contributed by atoms with van der Waals surface area (Å²) < 4.78 is 5.19. The number of aryl methyl sites for hydroxylation is 1. The van der Waals surface area contributed by atoms with Crippen LogP contribution >= 0.6 is 0 Å². The Morgan fingerprint density at radius 3 is 2.39 bits per heavy atom. The highest BCUT2D eigenvalue weighted by molar-refractivity contribution is 5.06. The lowest BCUT2D eigenvalue weighted by Gasteiger charge is -2.40. The molecule has 0 saturated heterocycles. The fourth-order valence-electron chi connectivity index (χ4n) is 2.82. The molecule has 1 aromatic heterocycles. The normalized spacial score (nSPS) is 29.5. The fraction of sp³-hybridized carbons (Fsp3) is 0.857. The summed E-state index contributed by atoms with van der Waals surface area (Å²) in [6.45, 7) is 8.94. The monoisotopic (exact) mass is 251 g/mol. The van der Waals surface area contributed by atoms with E-state index in [4.69, 9.17) is 10.3 Å². The molecular weight excluding hydrogens is 226 g/mol. The Hall–Kier alpha value is -0.900. The molecule has 0 amide bonds. The molecule has 1 aromatic rings. The molecule has 0 aliphatic heterocycles. The van der Waals surface area contributed by atoms with Gasteiger partial charge in [-0.3, -0.25) is 0 Å². The quantitative estimate of drug-likeness (QED) is 0.877. The molecule has 0 atom stereocenters. The highest BCUT2D eigenvalue weighted by Gasteiger charge is 2.40. The van der Waals surface area contributed by atoms with Crippen LogP contribution in [0.3, 0.4) is 0 Å². The minimum absolute atomic E-state index is 0.368. The van der Waals surface area contributed by atoms with Crippen molar-refractivity contribution in [2.45, 2.75) is 65.3 Å². The van der Waals surface area contributed by atoms with Gasteiger partial charge in [0.15, 0.2) is 5.82 Å². The summed E-state index contributed by atoms with van der Waals surface area (Å²) >= 11 is 0. The Balaban J connectivity index is 2.07. The molecule has 102 valence electrons. The summed E-state index contributed by atoms with van der Waals surface area (Å²) in [4.78, 5) is 4.41. The van der Waals surface area contributed by atoms with E-state index in [9.17, 15) is 0 Å². The Labute approximate surface area is 109 Å². The first kappa shape index (κ1) is 13.5. The van der Waals surface area contributed by atoms with Gasteiger partial charge in [-0.15, -0.1) is 0 Å². The molecule has 1 fully saturated rings. The number of hydrogen-bond acceptors (Lipinski definition) is 4. The third kappa shape index (κ3) is 2.58. The predicted molar refractivity (Wildman–Crippen MR) is 71.0 cm³/mol. The van der Waals surface area contributed by atoms with Crippen LogP contribution in [-0.4, -0.2) is 10.1 Å². The van der Waals surface area contributed by atoms with Crippen molar-refractivity contribution in [1.29, 1.82) is 0 Å². The zero-order valence-electron chi connectivity index (χ0n) is 12.0. The van der Waals surface area contributed by atoms with Crippen molar-refractivity contribution < 1.29 is 4.52 Å². The average Bonchev–Trinajstić information content (AvgIpc) is 2.77. The molecule has 0 spiro atoms. The van der Waals surface area contributed by atoms with Crippen molar-refractivity contribution in [2.75, 3.05) is 0 Å². The molecule has 0 unspecified atom stereocenters. The van der Waals surface area contributed by atoms with Gasteiger partial charge in [0.2, 0.25) is 5.89 Å². The van der Waals surface area contributed by atoms with Gasteiger partial charge in [-0.2, -0.15) is 4.98 Å². The van der Waals surface area contributed by atoms with Crippen LogP contribution in [0.5, 0.6) is 0 Å². The van der Waals surface area contributed by atoms with Gasteiger partial charge in [-0.25, -0.2) is 0 Å². The van der Waals surface area contributed by atoms with Crippen LogP contribution in [0.4, 0.5) is 0 Å². The third-order valence-corrected chi connectivity index (χ3v) is 4.32. The molecule has 2 rings (SSSR count). The van der Waals surface area contributed by atoms with E-state index in [0.29, 0.717) is 17.1 Å². The highest BCUT2D eigenvalue weighted by atomic mass is 16.5. The van der Waals surface area contributed by atoms with Crippen LogP contribution in [0.2, 0.25) is 0 Å². The maximum absolute atomic E-state index is 6.47. The van der Waals surface area contributed by atoms with E-state index in [1.165, 1.54) is 0 Å². The van der Waals surface area contributed by atoms with Crippen molar-refractivity contribution in [1.82, 2.24) is 10.1 Å². The molecule has 1 aliphatic rings. The second-order valence-electron chi connectivity index (χ2n) is 6.66. The Morgan fingerprint density at radius 2 is 1.94 bits per heavy atom. The summed E-state index contributed by atoms with van der Waals surface area (Å²) in [7, 11) is 0. The number of nitrogens with two attached hydrogens (primary N) is 1. The van der Waals surface area contributed by atoms with Crippen molar-refractivity contribution in [3.05, 3.63) is 11.7 Å². The van der Waals surface area contributed by atoms with E-state index in [1.54, 1.807) is 0 Å². The first-order valence-corrected chi connectivity index (χ1v) is 6.97. The maximum Gasteiger partial charge on any atom is 0.226 e. The van der Waals surface area contributed by atoms with Crippen molar-refractivity contribution >= 4 is 0 Å². The number of nitrogens with zero attached hydrogens (tertiary/aromatic N) is 2. The topological polar surface area (TPSA) is 64.9 Å². The standard InChI is InChI=1S/C14H25N3O/c1-5-11-16-12(17-18-11)14(15)8-6-10(7-9-14)13(2,3)4/h10H,5-9,15H2,1-4H3. The van der Waals surface area contributed by atoms with Crippen LogP contribution in [0, 0.1) is 11.3 Å². The van der Waals surface area contributed by atoms with Gasteiger partial charge >= 0.3 is 0 Å². The largest absolute Gasteiger partial charge is 0.339 e. The molecule has 18 heavy (non-hydrogen) atoms. The first-order chi connectivity index (χ1) is 8.35. The predicted octanol–water partition coefficient (Wildman–Crippen LogP) is 3.02. The Kier molecular flexibility index (Phi) is 3.49. The van der Waals surface area contributed by atoms with E-state index >= 15 is 0 Å². The van der Waals surface area contributed by atoms with Gasteiger partial charge in [0, 0.05) is 6.42 Å². The van der Waals surface area contributed by atoms with Crippen LogP contribution in [-0.2, 0) is 12.0 Å². The number of hydrogen-bond donors (Lipinski definition) is 1. The number of rotatable bonds is 2. The van der Waals surface area contributed by atoms with Gasteiger partial charge in [-0.05, 0) is 37.0 Å². The number of aromatic nitrogens is 2. The van der Waals surface area contributed by atoms with Gasteiger partial charge in [0.25, 0.3) is 0 Å². The third-order valence-electron chi connectivity index (χ3n) is 4.32. The van der Waals surface area contributed by atoms with Crippen LogP contribution in [0.25, 0.3) is 0 Å². The van der Waals surface area contributed by atoms with Gasteiger partial charge < -0.3 is 10.3 Å². The second kappa shape index (κ2) is 4.65. The average molecular weight is 251 g/mol. The summed E-state index contributed by atoms with van der Waals surface area (Å²) in [5.74, 6) is 2.13. The molecule has 2 N–H and O–H groups in total. The SMILES string of the molecule is CCc1nc(C2(N)CCC(C(C)(C)C)CC2)no1. The van der Waals surface area contributed by atoms with Crippen molar-refractivity contribution in [3.63, 3.8) is 0 Å². The zero-order chi connectivity index (χ0) is 13.4. The molecule has 0 bridgehead atoms. The summed E-state index contributed by atoms with van der Waals surface area (Å²) in [6.07, 6.45) is 4.98. The second-order valence-corrected chi connectivity index (χ2v) is 6.66. The van der Waals surface area contributed by atoms with Gasteiger partial charge in [0.1, 0.15) is 0 Å². The Morgan fingerprint density at radius 1 is 1.33 bits per heavy atom. The molecule has 0 aromatic carbocycles. The fourth-order valence-corrected chi connectivity index (χ4v) is 2.82. The van der Waals surface area contributed by atoms with Crippen molar-refractivity contribution in [2.24, 2.45) is 17.1 Å². The van der Waals surface area contributed by atoms with E-state index in [0.717, 1.165) is 38.0 Å². The molecule has 1 saturated carbocycles. The zero-order valence-corrected chi connectivity index (χ0v) is 12.0. The van der Waals surface area contributed by atoms with E-state index in [2.05, 4.69) is 30.9 Å². The highest BCUT2D eigenvalue weighted by Crippen LogP contribution is 2.43. The smallest absolute Gasteiger partial charge is 0.226 e. The van der Waals surface area contributed by atoms with Crippen LogP contribution < -0.4 is 5.73 Å².